The van der Waals surface area contributed by atoms with Crippen LogP contribution in [0.2, 0.25) is 0 Å². The molecular formula is C14H11F3N2O3. The van der Waals surface area contributed by atoms with Crippen LogP contribution in [0.15, 0.2) is 31.0 Å². The van der Waals surface area contributed by atoms with Gasteiger partial charge in [-0.1, -0.05) is 6.58 Å². The van der Waals surface area contributed by atoms with Gasteiger partial charge in [-0.15, -0.1) is 13.2 Å². The normalized spacial score (nSPS) is 11.3. The number of carbonyl (C=O) groups is 1. The zero-order valence-electron chi connectivity index (χ0n) is 11.4. The fourth-order valence-corrected chi connectivity index (χ4v) is 1.83. The number of nitrogens with one attached hydrogen (secondary N) is 1. The van der Waals surface area contributed by atoms with Crippen molar-refractivity contribution >= 4 is 11.5 Å². The standard InChI is InChI=1S/C14H11F3N2O3/c1-7(2)9-6-8(13(20)21)11(19-9)12-10(4-3-5-18-12)22-14(15,16)17/h3-6,19H,1H2,2H3,(H,20,21). The molecular weight excluding hydrogens is 301 g/mol. The third-order valence-electron chi connectivity index (χ3n) is 2.74. The number of H-pyrrole nitrogens is 1. The lowest BCUT2D eigenvalue weighted by atomic mass is 10.1. The summed E-state index contributed by atoms with van der Waals surface area (Å²) in [4.78, 5) is 17.8. The van der Waals surface area contributed by atoms with Crippen LogP contribution < -0.4 is 4.74 Å². The largest absolute Gasteiger partial charge is 0.573 e. The summed E-state index contributed by atoms with van der Waals surface area (Å²) >= 11 is 0. The van der Waals surface area contributed by atoms with E-state index in [1.165, 1.54) is 18.3 Å². The number of pyridine rings is 1. The molecule has 0 saturated heterocycles. The highest BCUT2D eigenvalue weighted by molar-refractivity contribution is 5.96. The summed E-state index contributed by atoms with van der Waals surface area (Å²) in [5, 5.41) is 9.21. The van der Waals surface area contributed by atoms with Crippen molar-refractivity contribution in [1.29, 1.82) is 0 Å². The minimum Gasteiger partial charge on any atom is -0.478 e. The van der Waals surface area contributed by atoms with Crippen molar-refractivity contribution in [3.8, 4) is 17.1 Å². The van der Waals surface area contributed by atoms with Crippen molar-refractivity contribution in [2.45, 2.75) is 13.3 Å². The molecule has 0 aliphatic heterocycles. The Balaban J connectivity index is 2.61. The molecule has 8 heteroatoms. The summed E-state index contributed by atoms with van der Waals surface area (Å²) in [5.41, 5.74) is 0.373. The fourth-order valence-electron chi connectivity index (χ4n) is 1.83. The first-order valence-electron chi connectivity index (χ1n) is 6.02. The van der Waals surface area contributed by atoms with Crippen molar-refractivity contribution in [1.82, 2.24) is 9.97 Å². The Morgan fingerprint density at radius 3 is 2.68 bits per heavy atom. The van der Waals surface area contributed by atoms with Crippen LogP contribution in [0.4, 0.5) is 13.2 Å². The highest BCUT2D eigenvalue weighted by atomic mass is 19.4. The van der Waals surface area contributed by atoms with Gasteiger partial charge >= 0.3 is 12.3 Å². The molecule has 0 fully saturated rings. The lowest BCUT2D eigenvalue weighted by Crippen LogP contribution is -2.18. The number of carboxylic acid groups (broad SMARTS) is 1. The van der Waals surface area contributed by atoms with Gasteiger partial charge in [-0.3, -0.25) is 4.98 Å². The third kappa shape index (κ3) is 3.27. The van der Waals surface area contributed by atoms with Gasteiger partial charge in [-0.05, 0) is 30.7 Å². The van der Waals surface area contributed by atoms with Crippen LogP contribution in [0.25, 0.3) is 17.0 Å². The van der Waals surface area contributed by atoms with Gasteiger partial charge in [-0.2, -0.15) is 0 Å². The van der Waals surface area contributed by atoms with E-state index in [1.54, 1.807) is 6.92 Å². The van der Waals surface area contributed by atoms with E-state index in [9.17, 15) is 23.1 Å². The van der Waals surface area contributed by atoms with Gasteiger partial charge in [0.15, 0.2) is 5.75 Å². The highest BCUT2D eigenvalue weighted by Crippen LogP contribution is 2.34. The average molecular weight is 312 g/mol. The Labute approximate surface area is 123 Å². The van der Waals surface area contributed by atoms with E-state index in [1.807, 2.05) is 0 Å². The Bertz CT molecular complexity index is 735. The summed E-state index contributed by atoms with van der Waals surface area (Å²) in [6.07, 6.45) is -3.67. The first kappa shape index (κ1) is 15.6. The van der Waals surface area contributed by atoms with Crippen molar-refractivity contribution < 1.29 is 27.8 Å². The predicted octanol–water partition coefficient (Wildman–Crippen LogP) is 3.71. The number of rotatable bonds is 4. The van der Waals surface area contributed by atoms with Crippen LogP contribution in [-0.2, 0) is 0 Å². The topological polar surface area (TPSA) is 75.2 Å². The van der Waals surface area contributed by atoms with Gasteiger partial charge in [0.2, 0.25) is 0 Å². The van der Waals surface area contributed by atoms with E-state index in [2.05, 4.69) is 21.3 Å². The molecule has 0 saturated carbocycles. The van der Waals surface area contributed by atoms with Crippen LogP contribution >= 0.6 is 0 Å². The zero-order valence-corrected chi connectivity index (χ0v) is 11.4. The van der Waals surface area contributed by atoms with Gasteiger partial charge in [0.25, 0.3) is 0 Å². The lowest BCUT2D eigenvalue weighted by molar-refractivity contribution is -0.274. The van der Waals surface area contributed by atoms with E-state index in [0.29, 0.717) is 11.3 Å². The van der Waals surface area contributed by atoms with E-state index in [4.69, 9.17) is 0 Å². The molecule has 2 heterocycles. The van der Waals surface area contributed by atoms with E-state index in [0.717, 1.165) is 6.07 Å². The number of halogens is 3. The first-order valence-corrected chi connectivity index (χ1v) is 6.02. The minimum absolute atomic E-state index is 0.0784. The number of aromatic amines is 1. The summed E-state index contributed by atoms with van der Waals surface area (Å²) in [6, 6.07) is 3.60. The van der Waals surface area contributed by atoms with Gasteiger partial charge in [0.1, 0.15) is 5.69 Å². The van der Waals surface area contributed by atoms with Crippen molar-refractivity contribution in [2.24, 2.45) is 0 Å². The van der Waals surface area contributed by atoms with Crippen LogP contribution in [0.1, 0.15) is 23.0 Å². The molecule has 0 radical (unpaired) electrons. The maximum Gasteiger partial charge on any atom is 0.573 e. The minimum atomic E-state index is -4.91. The van der Waals surface area contributed by atoms with Gasteiger partial charge in [0, 0.05) is 11.9 Å². The van der Waals surface area contributed by atoms with Crippen LogP contribution in [0.3, 0.4) is 0 Å². The molecule has 116 valence electrons. The quantitative estimate of drug-likeness (QED) is 0.902. The lowest BCUT2D eigenvalue weighted by Gasteiger charge is -2.12. The molecule has 0 aliphatic rings. The smallest absolute Gasteiger partial charge is 0.478 e. The van der Waals surface area contributed by atoms with Gasteiger partial charge in [0.05, 0.1) is 11.3 Å². The molecule has 2 N–H and O–H groups in total. The molecule has 0 spiro atoms. The molecule has 0 atom stereocenters. The second-order valence-corrected chi connectivity index (χ2v) is 4.46. The fraction of sp³-hybridized carbons (Fsp3) is 0.143. The van der Waals surface area contributed by atoms with E-state index in [-0.39, 0.29) is 17.0 Å². The van der Waals surface area contributed by atoms with E-state index >= 15 is 0 Å². The first-order chi connectivity index (χ1) is 10.2. The Hall–Kier alpha value is -2.77. The summed E-state index contributed by atoms with van der Waals surface area (Å²) in [5.74, 6) is -1.89. The number of alkyl halides is 3. The van der Waals surface area contributed by atoms with Crippen LogP contribution in [0.5, 0.6) is 5.75 Å². The maximum atomic E-state index is 12.4. The van der Waals surface area contributed by atoms with Crippen molar-refractivity contribution in [2.75, 3.05) is 0 Å². The number of aromatic carboxylic acids is 1. The molecule has 22 heavy (non-hydrogen) atoms. The SMILES string of the molecule is C=C(C)c1cc(C(=O)O)c(-c2ncccc2OC(F)(F)F)[nH]1. The number of carboxylic acids is 1. The second-order valence-electron chi connectivity index (χ2n) is 4.46. The number of aromatic nitrogens is 2. The molecule has 0 bridgehead atoms. The second kappa shape index (κ2) is 5.55. The number of ether oxygens (including phenoxy) is 1. The maximum absolute atomic E-state index is 12.4. The number of hydrogen-bond acceptors (Lipinski definition) is 3. The monoisotopic (exact) mass is 312 g/mol. The van der Waals surface area contributed by atoms with Gasteiger partial charge in [-0.25, -0.2) is 4.79 Å². The van der Waals surface area contributed by atoms with Crippen LogP contribution in [-0.4, -0.2) is 27.4 Å². The van der Waals surface area contributed by atoms with Crippen molar-refractivity contribution in [3.63, 3.8) is 0 Å². The molecule has 2 aromatic rings. The average Bonchev–Trinajstić information content (AvgIpc) is 2.82. The molecule has 0 aromatic carbocycles. The Kier molecular flexibility index (Phi) is 3.94. The summed E-state index contributed by atoms with van der Waals surface area (Å²) in [6.45, 7) is 5.29. The molecule has 0 unspecified atom stereocenters. The zero-order chi connectivity index (χ0) is 16.5. The molecule has 2 rings (SSSR count). The highest BCUT2D eigenvalue weighted by Gasteiger charge is 2.33. The van der Waals surface area contributed by atoms with Crippen LogP contribution in [0, 0.1) is 0 Å². The van der Waals surface area contributed by atoms with Crippen molar-refractivity contribution in [3.05, 3.63) is 42.2 Å². The molecule has 0 amide bonds. The predicted molar refractivity (Wildman–Crippen MR) is 72.4 cm³/mol. The number of nitrogens with zero attached hydrogens (tertiary/aromatic N) is 1. The number of hydrogen-bond donors (Lipinski definition) is 2. The Morgan fingerprint density at radius 2 is 2.14 bits per heavy atom. The summed E-state index contributed by atoms with van der Waals surface area (Å²) < 4.78 is 41.2. The van der Waals surface area contributed by atoms with Gasteiger partial charge < -0.3 is 14.8 Å². The molecule has 0 aliphatic carbocycles. The Morgan fingerprint density at radius 1 is 1.45 bits per heavy atom. The third-order valence-corrected chi connectivity index (χ3v) is 2.74. The molecule has 2 aromatic heterocycles. The number of allylic oxidation sites excluding steroid dienone is 1. The molecule has 5 nitrogen and oxygen atoms in total. The van der Waals surface area contributed by atoms with E-state index < -0.39 is 18.1 Å². The summed E-state index contributed by atoms with van der Waals surface area (Å²) in [7, 11) is 0.